The van der Waals surface area contributed by atoms with Crippen LogP contribution in [0.1, 0.15) is 6.42 Å². The number of esters is 1. The predicted octanol–water partition coefficient (Wildman–Crippen LogP) is 0.142. The van der Waals surface area contributed by atoms with Gasteiger partial charge in [-0.2, -0.15) is 0 Å². The third-order valence-corrected chi connectivity index (χ3v) is 1.93. The minimum atomic E-state index is -2.53. The van der Waals surface area contributed by atoms with E-state index in [4.69, 9.17) is 5.73 Å². The van der Waals surface area contributed by atoms with E-state index in [9.17, 15) is 13.6 Å². The smallest absolute Gasteiger partial charge is 0.326 e. The van der Waals surface area contributed by atoms with Crippen LogP contribution in [0.3, 0.4) is 0 Å². The van der Waals surface area contributed by atoms with Crippen LogP contribution in [0.15, 0.2) is 0 Å². The number of carbonyl (C=O) groups excluding carboxylic acids is 1. The van der Waals surface area contributed by atoms with Crippen LogP contribution in [0.25, 0.3) is 0 Å². The third kappa shape index (κ3) is 1.20. The number of nitrogens with two attached hydrogens (primary N) is 1. The van der Waals surface area contributed by atoms with Crippen LogP contribution in [0, 0.1) is 5.92 Å². The van der Waals surface area contributed by atoms with Gasteiger partial charge in [-0.3, -0.25) is 4.79 Å². The Kier molecular flexibility index (Phi) is 1.83. The number of methoxy groups -OCH3 is 1. The molecule has 5 heteroatoms. The Bertz CT molecular complexity index is 185. The Morgan fingerprint density at radius 2 is 2.36 bits per heavy atom. The van der Waals surface area contributed by atoms with E-state index in [1.54, 1.807) is 0 Å². The van der Waals surface area contributed by atoms with Crippen molar-refractivity contribution in [2.45, 2.75) is 18.4 Å². The molecule has 1 saturated carbocycles. The number of hydrogen-bond acceptors (Lipinski definition) is 3. The summed E-state index contributed by atoms with van der Waals surface area (Å²) in [5.74, 6) is -1.77. The normalized spacial score (nSPS) is 35.5. The average molecular weight is 165 g/mol. The number of hydrogen-bond donors (Lipinski definition) is 1. The summed E-state index contributed by atoms with van der Waals surface area (Å²) in [4.78, 5) is 10.7. The Hall–Kier alpha value is -0.710. The molecule has 1 fully saturated rings. The molecular weight excluding hydrogens is 156 g/mol. The molecule has 2 unspecified atom stereocenters. The zero-order valence-electron chi connectivity index (χ0n) is 6.01. The van der Waals surface area contributed by atoms with Crippen molar-refractivity contribution in [3.8, 4) is 0 Å². The monoisotopic (exact) mass is 165 g/mol. The number of ether oxygens (including phenoxy) is 1. The van der Waals surface area contributed by atoms with Gasteiger partial charge in [0.1, 0.15) is 5.54 Å². The molecule has 0 aromatic carbocycles. The van der Waals surface area contributed by atoms with E-state index < -0.39 is 23.9 Å². The van der Waals surface area contributed by atoms with Gasteiger partial charge < -0.3 is 10.5 Å². The minimum absolute atomic E-state index is 0.0251. The Morgan fingerprint density at radius 1 is 1.82 bits per heavy atom. The van der Waals surface area contributed by atoms with Gasteiger partial charge in [0.25, 0.3) is 0 Å². The van der Waals surface area contributed by atoms with Gasteiger partial charge in [0, 0.05) is 0 Å². The lowest BCUT2D eigenvalue weighted by molar-refractivity contribution is -0.144. The van der Waals surface area contributed by atoms with Gasteiger partial charge in [-0.25, -0.2) is 8.78 Å². The lowest BCUT2D eigenvalue weighted by atomic mass is 10.2. The summed E-state index contributed by atoms with van der Waals surface area (Å²) in [7, 11) is 1.14. The number of rotatable bonds is 2. The van der Waals surface area contributed by atoms with Crippen LogP contribution in [0.4, 0.5) is 8.78 Å². The second-order valence-corrected chi connectivity index (χ2v) is 2.68. The van der Waals surface area contributed by atoms with E-state index in [1.165, 1.54) is 0 Å². The fraction of sp³-hybridized carbons (Fsp3) is 0.833. The molecule has 0 saturated heterocycles. The molecule has 0 radical (unpaired) electrons. The van der Waals surface area contributed by atoms with Crippen molar-refractivity contribution in [2.24, 2.45) is 11.7 Å². The van der Waals surface area contributed by atoms with Gasteiger partial charge in [-0.05, 0) is 6.42 Å². The fourth-order valence-electron chi connectivity index (χ4n) is 1.04. The van der Waals surface area contributed by atoms with Crippen molar-refractivity contribution in [3.63, 3.8) is 0 Å². The molecule has 1 rings (SSSR count). The molecule has 1 aliphatic carbocycles. The highest BCUT2D eigenvalue weighted by Gasteiger charge is 2.62. The van der Waals surface area contributed by atoms with Crippen LogP contribution in [0.5, 0.6) is 0 Å². The van der Waals surface area contributed by atoms with Crippen molar-refractivity contribution in [2.75, 3.05) is 7.11 Å². The summed E-state index contributed by atoms with van der Waals surface area (Å²) < 4.78 is 28.1. The highest BCUT2D eigenvalue weighted by Crippen LogP contribution is 2.45. The zero-order chi connectivity index (χ0) is 8.65. The Labute approximate surface area is 62.5 Å². The molecule has 2 atom stereocenters. The maximum absolute atomic E-state index is 11.9. The lowest BCUT2D eigenvalue weighted by Crippen LogP contribution is -2.37. The Balaban J connectivity index is 2.55. The molecule has 0 aliphatic heterocycles. The number of halogens is 2. The molecule has 0 aromatic heterocycles. The number of carbonyl (C=O) groups is 1. The van der Waals surface area contributed by atoms with Crippen LogP contribution in [0.2, 0.25) is 0 Å². The van der Waals surface area contributed by atoms with Gasteiger partial charge in [0.2, 0.25) is 6.43 Å². The topological polar surface area (TPSA) is 52.3 Å². The van der Waals surface area contributed by atoms with Crippen molar-refractivity contribution < 1.29 is 18.3 Å². The quantitative estimate of drug-likeness (QED) is 0.592. The standard InChI is InChI=1S/C6H9F2NO2/c1-11-5(10)6(9)2-3(6)4(7)8/h3-4H,2,9H2,1H3. The first-order valence-corrected chi connectivity index (χ1v) is 3.18. The Morgan fingerprint density at radius 3 is 2.64 bits per heavy atom. The molecule has 64 valence electrons. The molecule has 0 spiro atoms. The first-order valence-electron chi connectivity index (χ1n) is 3.18. The third-order valence-electron chi connectivity index (χ3n) is 1.93. The van der Waals surface area contributed by atoms with Crippen molar-refractivity contribution >= 4 is 5.97 Å². The summed E-state index contributed by atoms with van der Waals surface area (Å²) >= 11 is 0. The first-order chi connectivity index (χ1) is 5.02. The van der Waals surface area contributed by atoms with Gasteiger partial charge in [-0.1, -0.05) is 0 Å². The summed E-state index contributed by atoms with van der Waals surface area (Å²) in [6, 6.07) is 0. The second-order valence-electron chi connectivity index (χ2n) is 2.68. The van der Waals surface area contributed by atoms with Crippen LogP contribution < -0.4 is 5.73 Å². The fourth-order valence-corrected chi connectivity index (χ4v) is 1.04. The average Bonchev–Trinajstić information content (AvgIpc) is 2.62. The van der Waals surface area contributed by atoms with E-state index in [0.717, 1.165) is 7.11 Å². The highest BCUT2D eigenvalue weighted by molar-refractivity contribution is 5.84. The minimum Gasteiger partial charge on any atom is -0.468 e. The largest absolute Gasteiger partial charge is 0.468 e. The predicted molar refractivity (Wildman–Crippen MR) is 33.0 cm³/mol. The van der Waals surface area contributed by atoms with E-state index in [-0.39, 0.29) is 6.42 Å². The van der Waals surface area contributed by atoms with E-state index in [0.29, 0.717) is 0 Å². The summed E-state index contributed by atoms with van der Waals surface area (Å²) in [6.07, 6.45) is -2.50. The molecule has 0 amide bonds. The maximum Gasteiger partial charge on any atom is 0.326 e. The summed E-state index contributed by atoms with van der Waals surface area (Å²) in [5.41, 5.74) is 3.88. The molecule has 3 nitrogen and oxygen atoms in total. The van der Waals surface area contributed by atoms with Crippen molar-refractivity contribution in [3.05, 3.63) is 0 Å². The van der Waals surface area contributed by atoms with Crippen LogP contribution in [-0.2, 0) is 9.53 Å². The van der Waals surface area contributed by atoms with Gasteiger partial charge >= 0.3 is 5.97 Å². The molecule has 0 heterocycles. The van der Waals surface area contributed by atoms with Gasteiger partial charge in [-0.15, -0.1) is 0 Å². The molecule has 0 aromatic rings. The molecular formula is C6H9F2NO2. The zero-order valence-corrected chi connectivity index (χ0v) is 6.01. The SMILES string of the molecule is COC(=O)C1(N)CC1C(F)F. The molecule has 11 heavy (non-hydrogen) atoms. The second kappa shape index (κ2) is 2.41. The van der Waals surface area contributed by atoms with Crippen LogP contribution >= 0.6 is 0 Å². The van der Waals surface area contributed by atoms with E-state index in [1.807, 2.05) is 0 Å². The molecule has 0 bridgehead atoms. The van der Waals surface area contributed by atoms with Gasteiger partial charge in [0.05, 0.1) is 13.0 Å². The van der Waals surface area contributed by atoms with Crippen LogP contribution in [-0.4, -0.2) is 25.0 Å². The van der Waals surface area contributed by atoms with Gasteiger partial charge in [0.15, 0.2) is 0 Å². The summed E-state index contributed by atoms with van der Waals surface area (Å²) in [6.45, 7) is 0. The molecule has 1 aliphatic rings. The number of alkyl halides is 2. The van der Waals surface area contributed by atoms with Crippen molar-refractivity contribution in [1.82, 2.24) is 0 Å². The highest BCUT2D eigenvalue weighted by atomic mass is 19.3. The van der Waals surface area contributed by atoms with E-state index in [2.05, 4.69) is 4.74 Å². The first kappa shape index (κ1) is 8.39. The maximum atomic E-state index is 11.9. The summed E-state index contributed by atoms with van der Waals surface area (Å²) in [5, 5.41) is 0. The molecule has 2 N–H and O–H groups in total. The van der Waals surface area contributed by atoms with Crippen molar-refractivity contribution in [1.29, 1.82) is 0 Å². The van der Waals surface area contributed by atoms with E-state index >= 15 is 0 Å². The lowest BCUT2D eigenvalue weighted by Gasteiger charge is -2.07.